The van der Waals surface area contributed by atoms with E-state index < -0.39 is 5.97 Å². The first kappa shape index (κ1) is 16.1. The molecule has 0 unspecified atom stereocenters. The molecule has 5 heteroatoms. The van der Waals surface area contributed by atoms with Crippen LogP contribution in [0.25, 0.3) is 0 Å². The molecule has 5 nitrogen and oxygen atoms in total. The third kappa shape index (κ3) is 3.11. The molecule has 0 bridgehead atoms. The Kier molecular flexibility index (Phi) is 4.51. The normalized spacial score (nSPS) is 12.7. The van der Waals surface area contributed by atoms with Crippen molar-refractivity contribution in [3.05, 3.63) is 59.2 Å². The van der Waals surface area contributed by atoms with E-state index in [1.165, 1.54) is 0 Å². The maximum Gasteiger partial charge on any atom is 0.338 e. The van der Waals surface area contributed by atoms with E-state index in [1.54, 1.807) is 37.1 Å². The number of esters is 1. The fourth-order valence-corrected chi connectivity index (χ4v) is 2.87. The molecule has 1 aliphatic rings. The average Bonchev–Trinajstić information content (AvgIpc) is 3.03. The highest BCUT2D eigenvalue weighted by molar-refractivity contribution is 5.98. The lowest BCUT2D eigenvalue weighted by Gasteiger charge is -2.17. The summed E-state index contributed by atoms with van der Waals surface area (Å²) in [5, 5.41) is 0. The van der Waals surface area contributed by atoms with Crippen LogP contribution in [0.5, 0.6) is 5.75 Å². The van der Waals surface area contributed by atoms with Gasteiger partial charge in [0.1, 0.15) is 5.75 Å². The van der Waals surface area contributed by atoms with Gasteiger partial charge in [-0.15, -0.1) is 0 Å². The second-order valence-corrected chi connectivity index (χ2v) is 5.68. The molecule has 0 radical (unpaired) electrons. The molecule has 124 valence electrons. The summed E-state index contributed by atoms with van der Waals surface area (Å²) < 4.78 is 10.3. The first-order valence-electron chi connectivity index (χ1n) is 7.80. The number of hydrogen-bond donors (Lipinski definition) is 0. The lowest BCUT2D eigenvalue weighted by molar-refractivity contribution is -0.121. The monoisotopic (exact) mass is 325 g/mol. The van der Waals surface area contributed by atoms with E-state index in [0.717, 1.165) is 23.2 Å². The first-order valence-corrected chi connectivity index (χ1v) is 7.80. The van der Waals surface area contributed by atoms with E-state index in [1.807, 2.05) is 24.3 Å². The van der Waals surface area contributed by atoms with E-state index in [9.17, 15) is 9.59 Å². The zero-order valence-corrected chi connectivity index (χ0v) is 13.7. The Morgan fingerprint density at radius 2 is 1.96 bits per heavy atom. The largest absolute Gasteiger partial charge is 0.497 e. The first-order chi connectivity index (χ1) is 11.6. The number of carbonyl (C=O) groups is 2. The Morgan fingerprint density at radius 3 is 2.71 bits per heavy atom. The predicted molar refractivity (Wildman–Crippen MR) is 90.5 cm³/mol. The van der Waals surface area contributed by atoms with Gasteiger partial charge in [0.25, 0.3) is 5.91 Å². The van der Waals surface area contributed by atoms with Gasteiger partial charge in [0.2, 0.25) is 0 Å². The molecule has 24 heavy (non-hydrogen) atoms. The molecule has 0 spiro atoms. The maximum absolute atomic E-state index is 12.4. The topological polar surface area (TPSA) is 55.8 Å². The lowest BCUT2D eigenvalue weighted by Crippen LogP contribution is -2.33. The summed E-state index contributed by atoms with van der Waals surface area (Å²) in [5.74, 6) is -0.0377. The summed E-state index contributed by atoms with van der Waals surface area (Å²) in [6.45, 7) is 2.16. The summed E-state index contributed by atoms with van der Waals surface area (Å²) in [4.78, 5) is 26.2. The van der Waals surface area contributed by atoms with Gasteiger partial charge >= 0.3 is 5.97 Å². The van der Waals surface area contributed by atoms with Crippen molar-refractivity contribution < 1.29 is 19.1 Å². The molecule has 0 saturated heterocycles. The molecule has 0 N–H and O–H groups in total. The maximum atomic E-state index is 12.4. The zero-order valence-electron chi connectivity index (χ0n) is 13.7. The van der Waals surface area contributed by atoms with Crippen LogP contribution < -0.4 is 9.64 Å². The zero-order chi connectivity index (χ0) is 17.1. The molecule has 3 rings (SSSR count). The van der Waals surface area contributed by atoms with Crippen LogP contribution >= 0.6 is 0 Å². The molecule has 1 heterocycles. The number of rotatable bonds is 4. The Balaban J connectivity index is 1.64. The van der Waals surface area contributed by atoms with E-state index in [2.05, 4.69) is 0 Å². The third-order valence-electron chi connectivity index (χ3n) is 4.17. The van der Waals surface area contributed by atoms with Gasteiger partial charge in [-0.2, -0.15) is 0 Å². The van der Waals surface area contributed by atoms with Crippen LogP contribution in [0.3, 0.4) is 0 Å². The van der Waals surface area contributed by atoms with Crippen LogP contribution in [0.4, 0.5) is 5.69 Å². The van der Waals surface area contributed by atoms with Gasteiger partial charge in [-0.3, -0.25) is 4.79 Å². The van der Waals surface area contributed by atoms with Crippen molar-refractivity contribution in [1.82, 2.24) is 0 Å². The summed E-state index contributed by atoms with van der Waals surface area (Å²) in [5.41, 5.74) is 3.23. The van der Waals surface area contributed by atoms with Gasteiger partial charge in [0, 0.05) is 12.2 Å². The fourth-order valence-electron chi connectivity index (χ4n) is 2.87. The van der Waals surface area contributed by atoms with Crippen molar-refractivity contribution in [2.75, 3.05) is 25.2 Å². The van der Waals surface area contributed by atoms with Crippen LogP contribution in [0.2, 0.25) is 0 Å². The molecular formula is C19H19NO4. The summed E-state index contributed by atoms with van der Waals surface area (Å²) in [6, 6.07) is 12.9. The van der Waals surface area contributed by atoms with Gasteiger partial charge in [0.15, 0.2) is 6.61 Å². The van der Waals surface area contributed by atoms with Gasteiger partial charge in [-0.1, -0.05) is 18.2 Å². The number of fused-ring (bicyclic) bond motifs is 1. The van der Waals surface area contributed by atoms with Crippen molar-refractivity contribution in [3.63, 3.8) is 0 Å². The molecule has 1 aliphatic heterocycles. The van der Waals surface area contributed by atoms with Crippen LogP contribution in [0.15, 0.2) is 42.5 Å². The van der Waals surface area contributed by atoms with E-state index in [4.69, 9.17) is 9.47 Å². The number of methoxy groups -OCH3 is 1. The van der Waals surface area contributed by atoms with Crippen molar-refractivity contribution in [3.8, 4) is 5.75 Å². The fraction of sp³-hybridized carbons (Fsp3) is 0.263. The van der Waals surface area contributed by atoms with Crippen LogP contribution in [-0.4, -0.2) is 32.1 Å². The van der Waals surface area contributed by atoms with Crippen LogP contribution in [0.1, 0.15) is 21.5 Å². The molecule has 0 saturated carbocycles. The minimum atomic E-state index is -0.504. The number of amides is 1. The molecular weight excluding hydrogens is 306 g/mol. The smallest absolute Gasteiger partial charge is 0.338 e. The number of nitrogens with zero attached hydrogens (tertiary/aromatic N) is 1. The van der Waals surface area contributed by atoms with Crippen molar-refractivity contribution in [2.45, 2.75) is 13.3 Å². The number of anilines is 1. The Labute approximate surface area is 140 Å². The quantitative estimate of drug-likeness (QED) is 0.811. The lowest BCUT2D eigenvalue weighted by atomic mass is 10.1. The summed E-state index contributed by atoms with van der Waals surface area (Å²) in [6.07, 6.45) is 0.827. The van der Waals surface area contributed by atoms with Gasteiger partial charge in [-0.25, -0.2) is 4.79 Å². The summed E-state index contributed by atoms with van der Waals surface area (Å²) >= 11 is 0. The third-order valence-corrected chi connectivity index (χ3v) is 4.17. The number of hydrogen-bond acceptors (Lipinski definition) is 4. The Hall–Kier alpha value is -2.82. The highest BCUT2D eigenvalue weighted by atomic mass is 16.5. The Morgan fingerprint density at radius 1 is 1.17 bits per heavy atom. The van der Waals surface area contributed by atoms with E-state index in [-0.39, 0.29) is 12.5 Å². The Bertz CT molecular complexity index is 785. The second-order valence-electron chi connectivity index (χ2n) is 5.68. The predicted octanol–water partition coefficient (Wildman–Crippen LogP) is 2.75. The minimum Gasteiger partial charge on any atom is -0.497 e. The van der Waals surface area contributed by atoms with Crippen LogP contribution in [0, 0.1) is 6.92 Å². The standard InChI is InChI=1S/C19H19NO4/c1-13-11-15(23-2)7-8-16(13)19(22)24-12-18(21)20-10-9-14-5-3-4-6-17(14)20/h3-8,11H,9-10,12H2,1-2H3. The molecule has 2 aromatic carbocycles. The SMILES string of the molecule is COc1ccc(C(=O)OCC(=O)N2CCc3ccccc32)c(C)c1. The van der Waals surface area contributed by atoms with E-state index >= 15 is 0 Å². The second kappa shape index (κ2) is 6.74. The van der Waals surface area contributed by atoms with E-state index in [0.29, 0.717) is 17.9 Å². The molecule has 2 aromatic rings. The van der Waals surface area contributed by atoms with Crippen LogP contribution in [-0.2, 0) is 16.0 Å². The van der Waals surface area contributed by atoms with Gasteiger partial charge < -0.3 is 14.4 Å². The molecule has 0 aromatic heterocycles. The number of aryl methyl sites for hydroxylation is 1. The van der Waals surface area contributed by atoms with Crippen molar-refractivity contribution >= 4 is 17.6 Å². The number of carbonyl (C=O) groups excluding carboxylic acids is 2. The minimum absolute atomic E-state index is 0.209. The average molecular weight is 325 g/mol. The number of para-hydroxylation sites is 1. The van der Waals surface area contributed by atoms with Crippen molar-refractivity contribution in [2.24, 2.45) is 0 Å². The van der Waals surface area contributed by atoms with Gasteiger partial charge in [-0.05, 0) is 48.7 Å². The highest BCUT2D eigenvalue weighted by Gasteiger charge is 2.25. The highest BCUT2D eigenvalue weighted by Crippen LogP contribution is 2.27. The number of ether oxygens (including phenoxy) is 2. The molecule has 0 atom stereocenters. The van der Waals surface area contributed by atoms with Gasteiger partial charge in [0.05, 0.1) is 12.7 Å². The summed E-state index contributed by atoms with van der Waals surface area (Å²) in [7, 11) is 1.57. The number of benzene rings is 2. The molecule has 0 aliphatic carbocycles. The van der Waals surface area contributed by atoms with Crippen molar-refractivity contribution in [1.29, 1.82) is 0 Å². The molecule has 0 fully saturated rings. The molecule has 1 amide bonds.